The van der Waals surface area contributed by atoms with Crippen LogP contribution in [0.1, 0.15) is 63.9 Å². The zero-order valence-corrected chi connectivity index (χ0v) is 19.7. The Morgan fingerprint density at radius 2 is 1.79 bits per heavy atom. The van der Waals surface area contributed by atoms with Gasteiger partial charge in [-0.3, -0.25) is 9.59 Å². The molecule has 0 aliphatic heterocycles. The predicted molar refractivity (Wildman–Crippen MR) is 136 cm³/mol. The van der Waals surface area contributed by atoms with Crippen molar-refractivity contribution in [2.45, 2.75) is 38.6 Å². The molecule has 1 aliphatic carbocycles. The molecule has 0 unspecified atom stereocenters. The summed E-state index contributed by atoms with van der Waals surface area (Å²) in [6.07, 6.45) is 4.51. The summed E-state index contributed by atoms with van der Waals surface area (Å²) in [6, 6.07) is 19.2. The van der Waals surface area contributed by atoms with Crippen molar-refractivity contribution in [3.8, 4) is 0 Å². The van der Waals surface area contributed by atoms with E-state index in [4.69, 9.17) is 4.42 Å². The maximum absolute atomic E-state index is 13.7. The summed E-state index contributed by atoms with van der Waals surface area (Å²) in [5.41, 5.74) is 4.33. The van der Waals surface area contributed by atoms with Gasteiger partial charge in [-0.25, -0.2) is 0 Å². The van der Waals surface area contributed by atoms with Gasteiger partial charge >= 0.3 is 0 Å². The number of aromatic nitrogens is 1. The Morgan fingerprint density at radius 3 is 2.59 bits per heavy atom. The molecule has 3 aromatic heterocycles. The number of furan rings is 1. The van der Waals surface area contributed by atoms with Gasteiger partial charge in [0.2, 0.25) is 5.78 Å². The normalized spacial score (nSPS) is 14.3. The molecule has 1 aliphatic rings. The largest absolute Gasteiger partial charge is 0.450 e. The summed E-state index contributed by atoms with van der Waals surface area (Å²) < 4.78 is 9.28. The van der Waals surface area contributed by atoms with Crippen LogP contribution in [0.4, 0.5) is 5.69 Å². The van der Waals surface area contributed by atoms with Gasteiger partial charge in [-0.1, -0.05) is 54.8 Å². The number of carbonyl (C=O) groups excluding carboxylic acids is 2. The quantitative estimate of drug-likeness (QED) is 0.274. The number of aryl methyl sites for hydroxylation is 1. The van der Waals surface area contributed by atoms with Crippen molar-refractivity contribution in [2.75, 3.05) is 5.32 Å². The molecule has 5 nitrogen and oxygen atoms in total. The molecule has 1 amide bonds. The summed E-state index contributed by atoms with van der Waals surface area (Å²) in [5, 5.41) is 5.84. The van der Waals surface area contributed by atoms with E-state index in [-0.39, 0.29) is 17.5 Å². The van der Waals surface area contributed by atoms with E-state index in [0.717, 1.165) is 28.6 Å². The van der Waals surface area contributed by atoms with Crippen molar-refractivity contribution in [2.24, 2.45) is 0 Å². The number of para-hydroxylation sites is 1. The fourth-order valence-corrected chi connectivity index (χ4v) is 5.83. The standard InChI is InChI=1S/C28H24N2O3S/c1-17-10-12-18(13-11-17)26(31)27-25(20-8-4-5-9-23(20)33-27)29-28(32)22-16-24-21(14-15-34-24)30(22)19-6-2-3-7-19/h4-5,8-16,19H,2-3,6-7H2,1H3,(H,29,32). The fraction of sp³-hybridized carbons (Fsp3) is 0.214. The summed E-state index contributed by atoms with van der Waals surface area (Å²) in [5.74, 6) is -0.322. The van der Waals surface area contributed by atoms with E-state index in [1.165, 1.54) is 12.8 Å². The second-order valence-electron chi connectivity index (χ2n) is 8.96. The highest BCUT2D eigenvalue weighted by atomic mass is 32.1. The van der Waals surface area contributed by atoms with E-state index in [2.05, 4.69) is 21.3 Å². The average molecular weight is 469 g/mol. The van der Waals surface area contributed by atoms with Crippen molar-refractivity contribution in [3.05, 3.63) is 88.6 Å². The lowest BCUT2D eigenvalue weighted by atomic mass is 10.1. The van der Waals surface area contributed by atoms with Crippen LogP contribution in [0, 0.1) is 6.92 Å². The summed E-state index contributed by atoms with van der Waals surface area (Å²) >= 11 is 1.64. The molecule has 3 heterocycles. The maximum Gasteiger partial charge on any atom is 0.272 e. The Hall–Kier alpha value is -3.64. The summed E-state index contributed by atoms with van der Waals surface area (Å²) in [6.45, 7) is 1.98. The van der Waals surface area contributed by atoms with Crippen LogP contribution in [0.5, 0.6) is 0 Å². The SMILES string of the molecule is Cc1ccc(C(=O)c2oc3ccccc3c2NC(=O)c2cc3sccc3n2C2CCCC2)cc1. The molecular weight excluding hydrogens is 444 g/mol. The number of amides is 1. The van der Waals surface area contributed by atoms with Crippen molar-refractivity contribution < 1.29 is 14.0 Å². The molecule has 0 atom stereocenters. The smallest absolute Gasteiger partial charge is 0.272 e. The van der Waals surface area contributed by atoms with Crippen LogP contribution in [0.15, 0.2) is 70.5 Å². The van der Waals surface area contributed by atoms with E-state index in [9.17, 15) is 9.59 Å². The van der Waals surface area contributed by atoms with Crippen molar-refractivity contribution in [1.29, 1.82) is 0 Å². The number of thiophene rings is 1. The number of hydrogen-bond acceptors (Lipinski definition) is 4. The first-order valence-corrected chi connectivity index (χ1v) is 12.5. The number of hydrogen-bond donors (Lipinski definition) is 1. The molecule has 6 heteroatoms. The van der Waals surface area contributed by atoms with E-state index in [1.54, 1.807) is 23.5 Å². The molecule has 1 saturated carbocycles. The number of ketones is 1. The van der Waals surface area contributed by atoms with Gasteiger partial charge in [-0.15, -0.1) is 11.3 Å². The van der Waals surface area contributed by atoms with Gasteiger partial charge in [0.25, 0.3) is 5.91 Å². The Kier molecular flexibility index (Phi) is 5.11. The van der Waals surface area contributed by atoms with Crippen molar-refractivity contribution in [1.82, 2.24) is 4.57 Å². The Balaban J connectivity index is 1.43. The molecule has 1 N–H and O–H groups in total. The predicted octanol–water partition coefficient (Wildman–Crippen LogP) is 7.36. The number of carbonyl (C=O) groups is 2. The van der Waals surface area contributed by atoms with E-state index >= 15 is 0 Å². The minimum atomic E-state index is -0.251. The lowest BCUT2D eigenvalue weighted by Crippen LogP contribution is -2.20. The molecule has 0 saturated heterocycles. The molecule has 34 heavy (non-hydrogen) atoms. The molecule has 0 spiro atoms. The fourth-order valence-electron chi connectivity index (χ4n) is 5.02. The molecular formula is C28H24N2O3S. The molecule has 2 aromatic carbocycles. The van der Waals surface area contributed by atoms with Gasteiger partial charge in [0, 0.05) is 17.0 Å². The molecule has 170 valence electrons. The third-order valence-electron chi connectivity index (χ3n) is 6.74. The van der Waals surface area contributed by atoms with Crippen LogP contribution in [0.25, 0.3) is 21.2 Å². The Labute approximate surface area is 201 Å². The van der Waals surface area contributed by atoms with Crippen LogP contribution in [-0.2, 0) is 0 Å². The highest BCUT2D eigenvalue weighted by Gasteiger charge is 2.28. The Bertz CT molecular complexity index is 1530. The Morgan fingerprint density at radius 1 is 1.03 bits per heavy atom. The van der Waals surface area contributed by atoms with Crippen molar-refractivity contribution in [3.63, 3.8) is 0 Å². The second kappa shape index (κ2) is 8.29. The van der Waals surface area contributed by atoms with E-state index in [0.29, 0.717) is 34.0 Å². The third-order valence-corrected chi connectivity index (χ3v) is 7.59. The first-order chi connectivity index (χ1) is 16.6. The minimum Gasteiger partial charge on any atom is -0.450 e. The zero-order chi connectivity index (χ0) is 23.2. The van der Waals surface area contributed by atoms with Crippen molar-refractivity contribution >= 4 is 49.9 Å². The third kappa shape index (κ3) is 3.46. The van der Waals surface area contributed by atoms with Crippen LogP contribution in [0.2, 0.25) is 0 Å². The number of nitrogens with one attached hydrogen (secondary N) is 1. The topological polar surface area (TPSA) is 64.2 Å². The van der Waals surface area contributed by atoms with E-state index < -0.39 is 0 Å². The van der Waals surface area contributed by atoms with Gasteiger partial charge in [0.05, 0.1) is 15.9 Å². The van der Waals surface area contributed by atoms with Gasteiger partial charge < -0.3 is 14.3 Å². The summed E-state index contributed by atoms with van der Waals surface area (Å²) in [7, 11) is 0. The zero-order valence-electron chi connectivity index (χ0n) is 18.8. The molecule has 5 aromatic rings. The number of anilines is 1. The lowest BCUT2D eigenvalue weighted by molar-refractivity contribution is 0.101. The molecule has 6 rings (SSSR count). The number of nitrogens with zero attached hydrogens (tertiary/aromatic N) is 1. The van der Waals surface area contributed by atoms with E-state index in [1.807, 2.05) is 49.4 Å². The number of benzene rings is 2. The first kappa shape index (κ1) is 20.9. The average Bonchev–Trinajstić information content (AvgIpc) is 3.63. The summed E-state index contributed by atoms with van der Waals surface area (Å²) in [4.78, 5) is 27.1. The molecule has 0 bridgehead atoms. The van der Waals surface area contributed by atoms with Gasteiger partial charge in [-0.2, -0.15) is 0 Å². The van der Waals surface area contributed by atoms with Crippen LogP contribution in [-0.4, -0.2) is 16.3 Å². The van der Waals surface area contributed by atoms with Crippen LogP contribution < -0.4 is 5.32 Å². The van der Waals surface area contributed by atoms with Gasteiger partial charge in [-0.05, 0) is 49.4 Å². The monoisotopic (exact) mass is 468 g/mol. The van der Waals surface area contributed by atoms with Gasteiger partial charge in [0.15, 0.2) is 5.76 Å². The second-order valence-corrected chi connectivity index (χ2v) is 9.91. The van der Waals surface area contributed by atoms with Crippen LogP contribution >= 0.6 is 11.3 Å². The highest BCUT2D eigenvalue weighted by Crippen LogP contribution is 2.38. The molecule has 1 fully saturated rings. The lowest BCUT2D eigenvalue weighted by Gasteiger charge is -2.17. The minimum absolute atomic E-state index is 0.152. The number of fused-ring (bicyclic) bond motifs is 2. The maximum atomic E-state index is 13.7. The molecule has 0 radical (unpaired) electrons. The highest BCUT2D eigenvalue weighted by molar-refractivity contribution is 7.17. The van der Waals surface area contributed by atoms with Gasteiger partial charge in [0.1, 0.15) is 11.3 Å². The first-order valence-electron chi connectivity index (χ1n) is 11.6. The van der Waals surface area contributed by atoms with Crippen LogP contribution in [0.3, 0.4) is 0 Å². The number of rotatable bonds is 5.